The van der Waals surface area contributed by atoms with Crippen LogP contribution in [0.3, 0.4) is 0 Å². The largest absolute Gasteiger partial charge is 0.289 e. The Morgan fingerprint density at radius 3 is 2.42 bits per heavy atom. The number of hydrogen-bond acceptors (Lipinski definition) is 5. The molecule has 0 aromatic heterocycles. The maximum atomic E-state index is 10.9. The fourth-order valence-corrected chi connectivity index (χ4v) is 2.61. The Balaban J connectivity index is 2.71. The van der Waals surface area contributed by atoms with Crippen molar-refractivity contribution in [2.75, 3.05) is 5.75 Å². The molecule has 19 heavy (non-hydrogen) atoms. The number of hydrogen-bond donors (Lipinski definition) is 0. The van der Waals surface area contributed by atoms with Gasteiger partial charge in [0.05, 0.1) is 20.8 Å². The quantitative estimate of drug-likeness (QED) is 0.309. The van der Waals surface area contributed by atoms with Crippen molar-refractivity contribution in [3.63, 3.8) is 0 Å². The summed E-state index contributed by atoms with van der Waals surface area (Å²) in [4.78, 5) is 20.8. The molecule has 1 aromatic rings. The summed E-state index contributed by atoms with van der Waals surface area (Å²) in [5.74, 6) is 0.790. The highest BCUT2D eigenvalue weighted by Gasteiger charge is 2.19. The monoisotopic (exact) mass is 284 g/mol. The van der Waals surface area contributed by atoms with Gasteiger partial charge in [-0.25, -0.2) is 0 Å². The van der Waals surface area contributed by atoms with Gasteiger partial charge in [0.25, 0.3) is 11.4 Å². The lowest BCUT2D eigenvalue weighted by molar-refractivity contribution is -0.396. The lowest BCUT2D eigenvalue weighted by Gasteiger charge is -2.03. The Morgan fingerprint density at radius 1 is 1.11 bits per heavy atom. The fraction of sp³-hybridized carbons (Fsp3) is 0.500. The van der Waals surface area contributed by atoms with Crippen LogP contribution in [0.4, 0.5) is 11.4 Å². The summed E-state index contributed by atoms with van der Waals surface area (Å²) in [5.41, 5.74) is -0.434. The van der Waals surface area contributed by atoms with Crippen molar-refractivity contribution in [1.82, 2.24) is 0 Å². The highest BCUT2D eigenvalue weighted by atomic mass is 32.2. The molecule has 0 unspecified atom stereocenters. The summed E-state index contributed by atoms with van der Waals surface area (Å²) >= 11 is 1.38. The van der Waals surface area contributed by atoms with E-state index in [2.05, 4.69) is 6.92 Å². The number of nitrogens with zero attached hydrogens (tertiary/aromatic N) is 2. The molecule has 1 aromatic carbocycles. The Bertz CT molecular complexity index is 465. The van der Waals surface area contributed by atoms with Gasteiger partial charge in [-0.3, -0.25) is 20.2 Å². The van der Waals surface area contributed by atoms with E-state index in [-0.39, 0.29) is 11.4 Å². The lowest BCUT2D eigenvalue weighted by Crippen LogP contribution is -1.95. The van der Waals surface area contributed by atoms with Crippen LogP contribution in [0.25, 0.3) is 0 Å². The second kappa shape index (κ2) is 7.73. The number of nitro benzene ring substituents is 2. The second-order valence-corrected chi connectivity index (χ2v) is 5.21. The Labute approximate surface area is 115 Å². The highest BCUT2D eigenvalue weighted by molar-refractivity contribution is 7.99. The van der Waals surface area contributed by atoms with Crippen LogP contribution in [0.15, 0.2) is 23.1 Å². The van der Waals surface area contributed by atoms with Gasteiger partial charge in [0.15, 0.2) is 0 Å². The van der Waals surface area contributed by atoms with E-state index >= 15 is 0 Å². The van der Waals surface area contributed by atoms with Crippen molar-refractivity contribution in [3.05, 3.63) is 38.4 Å². The minimum atomic E-state index is -0.622. The van der Waals surface area contributed by atoms with E-state index in [4.69, 9.17) is 0 Å². The number of thioether (sulfide) groups is 1. The van der Waals surface area contributed by atoms with Gasteiger partial charge in [-0.1, -0.05) is 26.2 Å². The molecule has 0 N–H and O–H groups in total. The first-order valence-electron chi connectivity index (χ1n) is 6.12. The predicted molar refractivity (Wildman–Crippen MR) is 74.6 cm³/mol. The van der Waals surface area contributed by atoms with Gasteiger partial charge in [-0.15, -0.1) is 11.8 Å². The molecule has 0 amide bonds. The number of rotatable bonds is 8. The predicted octanol–water partition coefficient (Wildman–Crippen LogP) is 4.18. The molecule has 0 spiro atoms. The van der Waals surface area contributed by atoms with Crippen LogP contribution in [0.2, 0.25) is 0 Å². The summed E-state index contributed by atoms with van der Waals surface area (Å²) < 4.78 is 0. The van der Waals surface area contributed by atoms with Gasteiger partial charge in [0.1, 0.15) is 0 Å². The van der Waals surface area contributed by atoms with Gasteiger partial charge in [-0.2, -0.15) is 0 Å². The molecule has 0 radical (unpaired) electrons. The zero-order valence-corrected chi connectivity index (χ0v) is 11.5. The first-order chi connectivity index (χ1) is 9.06. The zero-order valence-electron chi connectivity index (χ0n) is 10.7. The molecule has 0 saturated heterocycles. The molecular formula is C12H16N2O4S. The number of non-ortho nitro benzene ring substituents is 1. The molecule has 0 bridgehead atoms. The van der Waals surface area contributed by atoms with Crippen LogP contribution < -0.4 is 0 Å². The third kappa shape index (κ3) is 4.86. The van der Waals surface area contributed by atoms with E-state index < -0.39 is 9.85 Å². The zero-order chi connectivity index (χ0) is 14.3. The standard InChI is InChI=1S/C12H16N2O4S/c1-2-3-4-5-8-19-12-7-6-10(13(15)16)9-11(12)14(17)18/h6-7,9H,2-5,8H2,1H3. The topological polar surface area (TPSA) is 86.3 Å². The number of benzene rings is 1. The summed E-state index contributed by atoms with van der Waals surface area (Å²) in [5, 5.41) is 21.5. The van der Waals surface area contributed by atoms with Crippen LogP contribution >= 0.6 is 11.8 Å². The molecule has 0 heterocycles. The average Bonchev–Trinajstić information content (AvgIpc) is 2.38. The van der Waals surface area contributed by atoms with E-state index in [1.165, 1.54) is 23.9 Å². The van der Waals surface area contributed by atoms with Gasteiger partial charge < -0.3 is 0 Å². The molecule has 104 valence electrons. The summed E-state index contributed by atoms with van der Waals surface area (Å²) in [6.07, 6.45) is 4.39. The molecule has 0 aliphatic heterocycles. The lowest BCUT2D eigenvalue weighted by atomic mass is 10.2. The SMILES string of the molecule is CCCCCCSc1ccc([N+](=O)[O-])cc1[N+](=O)[O-]. The molecule has 6 nitrogen and oxygen atoms in total. The molecule has 0 aliphatic carbocycles. The van der Waals surface area contributed by atoms with E-state index in [9.17, 15) is 20.2 Å². The van der Waals surface area contributed by atoms with Crippen LogP contribution in [-0.4, -0.2) is 15.6 Å². The molecule has 0 atom stereocenters. The van der Waals surface area contributed by atoms with E-state index in [1.807, 2.05) is 0 Å². The fourth-order valence-electron chi connectivity index (χ4n) is 1.60. The van der Waals surface area contributed by atoms with Crippen molar-refractivity contribution >= 4 is 23.1 Å². The number of nitro groups is 2. The van der Waals surface area contributed by atoms with Crippen LogP contribution in [0.1, 0.15) is 32.6 Å². The molecule has 0 fully saturated rings. The average molecular weight is 284 g/mol. The Morgan fingerprint density at radius 2 is 1.84 bits per heavy atom. The normalized spacial score (nSPS) is 10.4. The maximum Gasteiger partial charge on any atom is 0.289 e. The third-order valence-electron chi connectivity index (χ3n) is 2.61. The molecule has 1 rings (SSSR count). The first kappa shape index (κ1) is 15.4. The second-order valence-electron chi connectivity index (χ2n) is 4.08. The van der Waals surface area contributed by atoms with E-state index in [0.717, 1.165) is 37.5 Å². The minimum Gasteiger partial charge on any atom is -0.258 e. The van der Waals surface area contributed by atoms with E-state index in [0.29, 0.717) is 4.90 Å². The Hall–Kier alpha value is -1.63. The van der Waals surface area contributed by atoms with Crippen molar-refractivity contribution in [2.45, 2.75) is 37.5 Å². The van der Waals surface area contributed by atoms with Crippen molar-refractivity contribution in [1.29, 1.82) is 0 Å². The van der Waals surface area contributed by atoms with Crippen molar-refractivity contribution < 1.29 is 9.85 Å². The third-order valence-corrected chi connectivity index (χ3v) is 3.75. The molecule has 0 saturated carbocycles. The maximum absolute atomic E-state index is 10.9. The summed E-state index contributed by atoms with van der Waals surface area (Å²) in [7, 11) is 0. The van der Waals surface area contributed by atoms with Gasteiger partial charge in [0, 0.05) is 6.07 Å². The van der Waals surface area contributed by atoms with Gasteiger partial charge in [-0.05, 0) is 18.2 Å². The van der Waals surface area contributed by atoms with E-state index in [1.54, 1.807) is 0 Å². The minimum absolute atomic E-state index is 0.185. The first-order valence-corrected chi connectivity index (χ1v) is 7.10. The molecule has 0 aliphatic rings. The highest BCUT2D eigenvalue weighted by Crippen LogP contribution is 2.32. The molecular weight excluding hydrogens is 268 g/mol. The Kier molecular flexibility index (Phi) is 6.27. The van der Waals surface area contributed by atoms with Gasteiger partial charge >= 0.3 is 0 Å². The number of unbranched alkanes of at least 4 members (excludes halogenated alkanes) is 3. The van der Waals surface area contributed by atoms with Crippen LogP contribution in [0.5, 0.6) is 0 Å². The molecule has 7 heteroatoms. The van der Waals surface area contributed by atoms with Gasteiger partial charge in [0.2, 0.25) is 0 Å². The van der Waals surface area contributed by atoms with Crippen molar-refractivity contribution in [3.8, 4) is 0 Å². The van der Waals surface area contributed by atoms with Crippen LogP contribution in [0, 0.1) is 20.2 Å². The van der Waals surface area contributed by atoms with Crippen molar-refractivity contribution in [2.24, 2.45) is 0 Å². The van der Waals surface area contributed by atoms with Crippen LogP contribution in [-0.2, 0) is 0 Å². The smallest absolute Gasteiger partial charge is 0.258 e. The summed E-state index contributed by atoms with van der Waals surface area (Å²) in [6, 6.07) is 3.79. The summed E-state index contributed by atoms with van der Waals surface area (Å²) in [6.45, 7) is 2.12.